The molecule has 0 saturated carbocycles. The van der Waals surface area contributed by atoms with Gasteiger partial charge < -0.3 is 11.1 Å². The fraction of sp³-hybridized carbons (Fsp3) is 0.0909. The van der Waals surface area contributed by atoms with Gasteiger partial charge in [0, 0.05) is 6.20 Å². The number of nitrogen functional groups attached to an aromatic ring is 1. The molecule has 0 aliphatic heterocycles. The van der Waals surface area contributed by atoms with Gasteiger partial charge in [0.25, 0.3) is 5.91 Å². The van der Waals surface area contributed by atoms with Crippen LogP contribution in [0.15, 0.2) is 30.6 Å². The Labute approximate surface area is 105 Å². The fourth-order valence-electron chi connectivity index (χ4n) is 1.53. The third-order valence-electron chi connectivity index (χ3n) is 2.41. The highest BCUT2D eigenvalue weighted by molar-refractivity contribution is 6.08. The Morgan fingerprint density at radius 3 is 2.68 bits per heavy atom. The van der Waals surface area contributed by atoms with Crippen molar-refractivity contribution in [3.8, 4) is 0 Å². The summed E-state index contributed by atoms with van der Waals surface area (Å²) in [7, 11) is 0. The molecular formula is C11H9F3N4O. The lowest BCUT2D eigenvalue weighted by atomic mass is 10.1. The van der Waals surface area contributed by atoms with Crippen LogP contribution in [0.5, 0.6) is 0 Å². The number of hydrogen-bond donors (Lipinski definition) is 3. The van der Waals surface area contributed by atoms with Crippen LogP contribution in [0.3, 0.4) is 0 Å². The van der Waals surface area contributed by atoms with Gasteiger partial charge in [0.2, 0.25) is 0 Å². The van der Waals surface area contributed by atoms with Crippen molar-refractivity contribution in [1.82, 2.24) is 10.2 Å². The number of nitrogens with one attached hydrogen (secondary N) is 2. The summed E-state index contributed by atoms with van der Waals surface area (Å²) in [6, 6.07) is 3.17. The molecule has 1 heterocycles. The smallest absolute Gasteiger partial charge is 0.398 e. The van der Waals surface area contributed by atoms with Crippen LogP contribution in [0.4, 0.5) is 24.5 Å². The third-order valence-corrected chi connectivity index (χ3v) is 2.41. The van der Waals surface area contributed by atoms with Crippen LogP contribution in [0, 0.1) is 0 Å². The van der Waals surface area contributed by atoms with Gasteiger partial charge in [-0.15, -0.1) is 0 Å². The molecule has 8 heteroatoms. The van der Waals surface area contributed by atoms with Crippen molar-refractivity contribution in [2.24, 2.45) is 0 Å². The molecule has 0 spiro atoms. The summed E-state index contributed by atoms with van der Waals surface area (Å²) in [4.78, 5) is 11.8. The second kappa shape index (κ2) is 4.63. The van der Waals surface area contributed by atoms with Gasteiger partial charge in [0.05, 0.1) is 28.7 Å². The second-order valence-corrected chi connectivity index (χ2v) is 3.71. The summed E-state index contributed by atoms with van der Waals surface area (Å²) >= 11 is 0. The number of hydrogen-bond acceptors (Lipinski definition) is 3. The number of carbonyl (C=O) groups excluding carboxylic acids is 1. The first-order valence-corrected chi connectivity index (χ1v) is 5.15. The minimum Gasteiger partial charge on any atom is -0.398 e. The van der Waals surface area contributed by atoms with E-state index in [-0.39, 0.29) is 5.56 Å². The van der Waals surface area contributed by atoms with E-state index in [1.807, 2.05) is 0 Å². The molecule has 1 amide bonds. The lowest BCUT2D eigenvalue weighted by molar-refractivity contribution is -0.136. The standard InChI is InChI=1S/C11H9F3N4O/c12-11(13,14)8-3-1-2-7(9(8)15)10(19)18-6-4-16-17-5-6/h1-5H,15H2,(H,16,17)(H,18,19). The molecule has 100 valence electrons. The van der Waals surface area contributed by atoms with Crippen molar-refractivity contribution < 1.29 is 18.0 Å². The molecule has 4 N–H and O–H groups in total. The molecule has 2 rings (SSSR count). The highest BCUT2D eigenvalue weighted by Gasteiger charge is 2.34. The number of carbonyl (C=O) groups is 1. The minimum absolute atomic E-state index is 0.240. The molecule has 0 unspecified atom stereocenters. The predicted octanol–water partition coefficient (Wildman–Crippen LogP) is 2.26. The first kappa shape index (κ1) is 12.9. The zero-order chi connectivity index (χ0) is 14.0. The van der Waals surface area contributed by atoms with Gasteiger partial charge in [-0.3, -0.25) is 9.89 Å². The average molecular weight is 270 g/mol. The number of para-hydroxylation sites is 1. The summed E-state index contributed by atoms with van der Waals surface area (Å²) in [5.74, 6) is -0.731. The number of amides is 1. The van der Waals surface area contributed by atoms with E-state index < -0.39 is 23.3 Å². The lowest BCUT2D eigenvalue weighted by Gasteiger charge is -2.12. The molecule has 0 saturated heterocycles. The normalized spacial score (nSPS) is 11.3. The number of aromatic nitrogens is 2. The number of nitrogens with zero attached hydrogens (tertiary/aromatic N) is 1. The van der Waals surface area contributed by atoms with E-state index in [1.165, 1.54) is 18.5 Å². The van der Waals surface area contributed by atoms with E-state index in [2.05, 4.69) is 15.5 Å². The number of benzene rings is 1. The molecule has 19 heavy (non-hydrogen) atoms. The van der Waals surface area contributed by atoms with Crippen LogP contribution in [0.2, 0.25) is 0 Å². The number of nitrogens with two attached hydrogens (primary N) is 1. The molecule has 1 aromatic carbocycles. The molecular weight excluding hydrogens is 261 g/mol. The van der Waals surface area contributed by atoms with Gasteiger partial charge in [-0.2, -0.15) is 18.3 Å². The van der Waals surface area contributed by atoms with Gasteiger partial charge in [-0.25, -0.2) is 0 Å². The zero-order valence-electron chi connectivity index (χ0n) is 9.45. The predicted molar refractivity (Wildman–Crippen MR) is 62.4 cm³/mol. The molecule has 0 atom stereocenters. The van der Waals surface area contributed by atoms with Crippen LogP contribution in [0.25, 0.3) is 0 Å². The second-order valence-electron chi connectivity index (χ2n) is 3.71. The first-order chi connectivity index (χ1) is 8.89. The van der Waals surface area contributed by atoms with Crippen LogP contribution in [-0.4, -0.2) is 16.1 Å². The van der Waals surface area contributed by atoms with Crippen molar-refractivity contribution in [3.05, 3.63) is 41.7 Å². The topological polar surface area (TPSA) is 83.8 Å². The molecule has 1 aromatic heterocycles. The van der Waals surface area contributed by atoms with Gasteiger partial charge in [0.15, 0.2) is 0 Å². The average Bonchev–Trinajstić information content (AvgIpc) is 2.80. The van der Waals surface area contributed by atoms with E-state index in [4.69, 9.17) is 5.73 Å². The molecule has 0 aliphatic carbocycles. The lowest BCUT2D eigenvalue weighted by Crippen LogP contribution is -2.17. The zero-order valence-corrected chi connectivity index (χ0v) is 9.45. The van der Waals surface area contributed by atoms with E-state index in [0.717, 1.165) is 12.1 Å². The summed E-state index contributed by atoms with van der Waals surface area (Å²) in [5.41, 5.74) is 3.85. The third kappa shape index (κ3) is 2.67. The maximum Gasteiger partial charge on any atom is 0.418 e. The molecule has 0 bridgehead atoms. The maximum absolute atomic E-state index is 12.6. The van der Waals surface area contributed by atoms with Crippen molar-refractivity contribution in [2.45, 2.75) is 6.18 Å². The van der Waals surface area contributed by atoms with Gasteiger partial charge in [0.1, 0.15) is 0 Å². The van der Waals surface area contributed by atoms with Crippen LogP contribution >= 0.6 is 0 Å². The summed E-state index contributed by atoms with van der Waals surface area (Å²) in [6.45, 7) is 0. The summed E-state index contributed by atoms with van der Waals surface area (Å²) in [6.07, 6.45) is -1.89. The van der Waals surface area contributed by atoms with E-state index in [1.54, 1.807) is 0 Å². The van der Waals surface area contributed by atoms with E-state index >= 15 is 0 Å². The number of H-pyrrole nitrogens is 1. The maximum atomic E-state index is 12.6. The van der Waals surface area contributed by atoms with Crippen LogP contribution < -0.4 is 11.1 Å². The number of aromatic amines is 1. The molecule has 2 aromatic rings. The minimum atomic E-state index is -4.60. The number of halogens is 3. The number of alkyl halides is 3. The fourth-order valence-corrected chi connectivity index (χ4v) is 1.53. The van der Waals surface area contributed by atoms with Gasteiger partial charge in [-0.05, 0) is 12.1 Å². The largest absolute Gasteiger partial charge is 0.418 e. The Morgan fingerprint density at radius 2 is 2.11 bits per heavy atom. The molecule has 5 nitrogen and oxygen atoms in total. The quantitative estimate of drug-likeness (QED) is 0.732. The summed E-state index contributed by atoms with van der Waals surface area (Å²) < 4.78 is 37.9. The van der Waals surface area contributed by atoms with Crippen molar-refractivity contribution in [2.75, 3.05) is 11.1 Å². The molecule has 0 fully saturated rings. The summed E-state index contributed by atoms with van der Waals surface area (Å²) in [5, 5.41) is 8.44. The van der Waals surface area contributed by atoms with Gasteiger partial charge >= 0.3 is 6.18 Å². The van der Waals surface area contributed by atoms with Crippen molar-refractivity contribution in [3.63, 3.8) is 0 Å². The van der Waals surface area contributed by atoms with Crippen molar-refractivity contribution >= 4 is 17.3 Å². The first-order valence-electron chi connectivity index (χ1n) is 5.15. The van der Waals surface area contributed by atoms with Crippen molar-refractivity contribution in [1.29, 1.82) is 0 Å². The molecule has 0 radical (unpaired) electrons. The Balaban J connectivity index is 2.33. The van der Waals surface area contributed by atoms with Crippen LogP contribution in [-0.2, 0) is 6.18 Å². The Morgan fingerprint density at radius 1 is 1.37 bits per heavy atom. The SMILES string of the molecule is Nc1c(C(=O)Nc2cn[nH]c2)cccc1C(F)(F)F. The monoisotopic (exact) mass is 270 g/mol. The van der Waals surface area contributed by atoms with E-state index in [0.29, 0.717) is 5.69 Å². The van der Waals surface area contributed by atoms with Gasteiger partial charge in [-0.1, -0.05) is 6.07 Å². The van der Waals surface area contributed by atoms with E-state index in [9.17, 15) is 18.0 Å². The number of anilines is 2. The highest BCUT2D eigenvalue weighted by Crippen LogP contribution is 2.35. The molecule has 0 aliphatic rings. The van der Waals surface area contributed by atoms with Crippen LogP contribution in [0.1, 0.15) is 15.9 Å². The Kier molecular flexibility index (Phi) is 3.16. The number of rotatable bonds is 2. The Hall–Kier alpha value is -2.51. The Bertz CT molecular complexity index is 592. The highest BCUT2D eigenvalue weighted by atomic mass is 19.4.